The number of nitrogen functional groups attached to an aromatic ring is 1. The fraction of sp³-hybridized carbons (Fsp3) is 0.263. The number of methoxy groups -OCH3 is 1. The van der Waals surface area contributed by atoms with Crippen molar-refractivity contribution in [3.05, 3.63) is 54.1 Å². The molecule has 0 aliphatic heterocycles. The monoisotopic (exact) mass is 350 g/mol. The van der Waals surface area contributed by atoms with Crippen molar-refractivity contribution >= 4 is 11.6 Å². The van der Waals surface area contributed by atoms with E-state index in [1.165, 1.54) is 0 Å². The van der Waals surface area contributed by atoms with Crippen LogP contribution in [-0.4, -0.2) is 33.6 Å². The number of nitrogens with zero attached hydrogens (tertiary/aromatic N) is 4. The Labute approximate surface area is 152 Å². The van der Waals surface area contributed by atoms with E-state index in [1.54, 1.807) is 13.4 Å². The normalized spacial score (nSPS) is 11.8. The van der Waals surface area contributed by atoms with Crippen molar-refractivity contribution in [3.63, 3.8) is 0 Å². The molecule has 0 aliphatic carbocycles. The van der Waals surface area contributed by atoms with Gasteiger partial charge in [0.05, 0.1) is 12.8 Å². The maximum atomic E-state index is 6.03. The van der Waals surface area contributed by atoms with Crippen LogP contribution in [0.1, 0.15) is 24.1 Å². The molecule has 0 fully saturated rings. The molecule has 3 aromatic rings. The first-order valence-corrected chi connectivity index (χ1v) is 8.36. The highest BCUT2D eigenvalue weighted by atomic mass is 16.5. The van der Waals surface area contributed by atoms with Gasteiger partial charge in [-0.05, 0) is 30.7 Å². The van der Waals surface area contributed by atoms with E-state index in [0.29, 0.717) is 18.2 Å². The number of ether oxygens (including phenoxy) is 1. The van der Waals surface area contributed by atoms with Gasteiger partial charge < -0.3 is 15.8 Å². The number of hydrogen-bond acceptors (Lipinski definition) is 7. The Balaban J connectivity index is 1.70. The van der Waals surface area contributed by atoms with Crippen LogP contribution >= 0.6 is 0 Å². The molecule has 1 atom stereocenters. The minimum absolute atomic E-state index is 0.160. The Morgan fingerprint density at radius 2 is 2.00 bits per heavy atom. The molecule has 7 nitrogen and oxygen atoms in total. The van der Waals surface area contributed by atoms with Crippen LogP contribution in [-0.2, 0) is 0 Å². The predicted octanol–water partition coefficient (Wildman–Crippen LogP) is 3.05. The number of anilines is 2. The second-order valence-electron chi connectivity index (χ2n) is 6.09. The van der Waals surface area contributed by atoms with Gasteiger partial charge in [-0.15, -0.1) is 0 Å². The zero-order valence-electron chi connectivity index (χ0n) is 15.1. The summed E-state index contributed by atoms with van der Waals surface area (Å²) in [6.07, 6.45) is 3.36. The number of hydrogen-bond donors (Lipinski definition) is 2. The molecule has 0 amide bonds. The van der Waals surface area contributed by atoms with E-state index >= 15 is 0 Å². The average Bonchev–Trinajstić information content (AvgIpc) is 2.66. The van der Waals surface area contributed by atoms with Gasteiger partial charge in [0.25, 0.3) is 0 Å². The molecule has 0 bridgehead atoms. The van der Waals surface area contributed by atoms with Crippen LogP contribution in [0.5, 0.6) is 5.88 Å². The van der Waals surface area contributed by atoms with Crippen molar-refractivity contribution in [2.75, 3.05) is 24.7 Å². The van der Waals surface area contributed by atoms with Gasteiger partial charge in [0, 0.05) is 42.0 Å². The molecule has 0 unspecified atom stereocenters. The number of nitrogens with one attached hydrogen (secondary N) is 1. The lowest BCUT2D eigenvalue weighted by Gasteiger charge is -2.15. The summed E-state index contributed by atoms with van der Waals surface area (Å²) >= 11 is 0. The van der Waals surface area contributed by atoms with E-state index in [1.807, 2.05) is 43.5 Å². The molecule has 3 rings (SSSR count). The fourth-order valence-corrected chi connectivity index (χ4v) is 2.60. The van der Waals surface area contributed by atoms with Gasteiger partial charge in [-0.3, -0.25) is 4.98 Å². The summed E-state index contributed by atoms with van der Waals surface area (Å²) in [6, 6.07) is 9.63. The lowest BCUT2D eigenvalue weighted by Crippen LogP contribution is -2.13. The molecule has 26 heavy (non-hydrogen) atoms. The predicted molar refractivity (Wildman–Crippen MR) is 102 cm³/mol. The number of nitrogens with two attached hydrogens (primary N) is 1. The molecule has 3 heterocycles. The minimum atomic E-state index is 0.160. The van der Waals surface area contributed by atoms with Crippen molar-refractivity contribution in [2.24, 2.45) is 0 Å². The van der Waals surface area contributed by atoms with E-state index in [2.05, 4.69) is 32.2 Å². The summed E-state index contributed by atoms with van der Waals surface area (Å²) in [5, 5.41) is 3.33. The van der Waals surface area contributed by atoms with Crippen LogP contribution in [0.3, 0.4) is 0 Å². The maximum Gasteiger partial charge on any atom is 0.214 e. The van der Waals surface area contributed by atoms with Crippen LogP contribution in [0.15, 0.2) is 42.9 Å². The second-order valence-corrected chi connectivity index (χ2v) is 6.09. The summed E-state index contributed by atoms with van der Waals surface area (Å²) in [6.45, 7) is 4.71. The highest BCUT2D eigenvalue weighted by Gasteiger charge is 2.12. The average molecular weight is 350 g/mol. The van der Waals surface area contributed by atoms with E-state index in [9.17, 15) is 0 Å². The summed E-state index contributed by atoms with van der Waals surface area (Å²) in [7, 11) is 1.57. The molecule has 0 spiro atoms. The summed E-state index contributed by atoms with van der Waals surface area (Å²) in [5.41, 5.74) is 9.75. The number of rotatable bonds is 6. The van der Waals surface area contributed by atoms with Crippen LogP contribution in [0.2, 0.25) is 0 Å². The molecule has 3 aromatic heterocycles. The van der Waals surface area contributed by atoms with Crippen LogP contribution in [0.25, 0.3) is 11.3 Å². The third-order valence-corrected chi connectivity index (χ3v) is 4.14. The molecule has 0 radical (unpaired) electrons. The first-order valence-electron chi connectivity index (χ1n) is 8.36. The van der Waals surface area contributed by atoms with Crippen molar-refractivity contribution in [1.82, 2.24) is 19.9 Å². The van der Waals surface area contributed by atoms with E-state index in [-0.39, 0.29) is 5.92 Å². The zero-order chi connectivity index (χ0) is 18.5. The van der Waals surface area contributed by atoms with Gasteiger partial charge >= 0.3 is 0 Å². The summed E-state index contributed by atoms with van der Waals surface area (Å²) < 4.78 is 5.09. The zero-order valence-corrected chi connectivity index (χ0v) is 15.1. The minimum Gasteiger partial charge on any atom is -0.481 e. The fourth-order valence-electron chi connectivity index (χ4n) is 2.60. The molecule has 0 saturated carbocycles. The lowest BCUT2D eigenvalue weighted by molar-refractivity contribution is 0.398. The molecule has 3 N–H and O–H groups in total. The maximum absolute atomic E-state index is 6.03. The summed E-state index contributed by atoms with van der Waals surface area (Å²) in [5.74, 6) is 1.90. The van der Waals surface area contributed by atoms with Gasteiger partial charge in [-0.2, -0.15) is 4.98 Å². The molecule has 0 saturated heterocycles. The molecular formula is C19H22N6O. The van der Waals surface area contributed by atoms with Crippen LogP contribution in [0.4, 0.5) is 11.6 Å². The SMILES string of the molecule is COc1ccc([C@H](C)CNc2cc(-c3ccc(C)nc3)ncn2)c(N)n1. The van der Waals surface area contributed by atoms with Gasteiger partial charge in [-0.1, -0.05) is 6.92 Å². The first kappa shape index (κ1) is 17.6. The first-order chi connectivity index (χ1) is 12.6. The Morgan fingerprint density at radius 1 is 1.15 bits per heavy atom. The highest BCUT2D eigenvalue weighted by molar-refractivity contribution is 5.61. The second kappa shape index (κ2) is 7.77. The molecule has 0 aromatic carbocycles. The standard InChI is InChI=1S/C19H22N6O/c1-12(15-6-7-18(26-3)25-19(15)20)9-22-17-8-16(23-11-24-17)14-5-4-13(2)21-10-14/h4-8,10-12H,9H2,1-3H3,(H2,20,25)(H,22,23,24)/t12-/m1/s1. The van der Waals surface area contributed by atoms with Crippen molar-refractivity contribution in [3.8, 4) is 17.1 Å². The Hall–Kier alpha value is -3.22. The molecule has 0 aliphatic rings. The topological polar surface area (TPSA) is 98.8 Å². The smallest absolute Gasteiger partial charge is 0.214 e. The molecule has 134 valence electrons. The number of aromatic nitrogens is 4. The van der Waals surface area contributed by atoms with Gasteiger partial charge in [0.15, 0.2) is 0 Å². The number of aryl methyl sites for hydroxylation is 1. The highest BCUT2D eigenvalue weighted by Crippen LogP contribution is 2.24. The van der Waals surface area contributed by atoms with Gasteiger partial charge in [0.1, 0.15) is 18.0 Å². The van der Waals surface area contributed by atoms with Crippen molar-refractivity contribution in [2.45, 2.75) is 19.8 Å². The Kier molecular flexibility index (Phi) is 5.26. The third kappa shape index (κ3) is 4.05. The van der Waals surface area contributed by atoms with Gasteiger partial charge in [-0.25, -0.2) is 9.97 Å². The van der Waals surface area contributed by atoms with E-state index < -0.39 is 0 Å². The summed E-state index contributed by atoms with van der Waals surface area (Å²) in [4.78, 5) is 17.1. The Morgan fingerprint density at radius 3 is 2.69 bits per heavy atom. The third-order valence-electron chi connectivity index (χ3n) is 4.14. The Bertz CT molecular complexity index is 881. The lowest BCUT2D eigenvalue weighted by atomic mass is 10.0. The van der Waals surface area contributed by atoms with E-state index in [0.717, 1.165) is 28.3 Å². The quantitative estimate of drug-likeness (QED) is 0.705. The van der Waals surface area contributed by atoms with Crippen molar-refractivity contribution < 1.29 is 4.74 Å². The molecule has 7 heteroatoms. The van der Waals surface area contributed by atoms with Crippen LogP contribution in [0, 0.1) is 6.92 Å². The molecular weight excluding hydrogens is 328 g/mol. The largest absolute Gasteiger partial charge is 0.481 e. The van der Waals surface area contributed by atoms with Crippen molar-refractivity contribution in [1.29, 1.82) is 0 Å². The van der Waals surface area contributed by atoms with E-state index in [4.69, 9.17) is 10.5 Å². The number of pyridine rings is 2. The van der Waals surface area contributed by atoms with Crippen LogP contribution < -0.4 is 15.8 Å². The van der Waals surface area contributed by atoms with Gasteiger partial charge in [0.2, 0.25) is 5.88 Å².